The van der Waals surface area contributed by atoms with E-state index in [0.29, 0.717) is 30.0 Å². The second kappa shape index (κ2) is 9.61. The van der Waals surface area contributed by atoms with Gasteiger partial charge >= 0.3 is 0 Å². The Kier molecular flexibility index (Phi) is 6.81. The average Bonchev–Trinajstić information content (AvgIpc) is 3.60. The first-order valence-corrected chi connectivity index (χ1v) is 12.9. The zero-order chi connectivity index (χ0) is 23.5. The van der Waals surface area contributed by atoms with Crippen LogP contribution in [0, 0.1) is 5.92 Å². The van der Waals surface area contributed by atoms with Crippen LogP contribution in [-0.4, -0.2) is 36.9 Å². The summed E-state index contributed by atoms with van der Waals surface area (Å²) >= 11 is 0. The van der Waals surface area contributed by atoms with Crippen molar-refractivity contribution in [3.8, 4) is 5.75 Å². The van der Waals surface area contributed by atoms with E-state index in [4.69, 9.17) is 9.94 Å². The third-order valence-electron chi connectivity index (χ3n) is 6.54. The Morgan fingerprint density at radius 2 is 1.91 bits per heavy atom. The van der Waals surface area contributed by atoms with E-state index in [1.807, 2.05) is 42.5 Å². The second-order valence-electron chi connectivity index (χ2n) is 8.78. The van der Waals surface area contributed by atoms with Crippen molar-refractivity contribution in [2.45, 2.75) is 55.2 Å². The number of methoxy groups -OCH3 is 1. The van der Waals surface area contributed by atoms with Gasteiger partial charge in [0.15, 0.2) is 9.84 Å². The van der Waals surface area contributed by atoms with E-state index in [9.17, 15) is 13.2 Å². The van der Waals surface area contributed by atoms with Gasteiger partial charge in [0.1, 0.15) is 11.4 Å². The molecular weight excluding hydrogens is 442 g/mol. The number of nitrogens with one attached hydrogen (secondary N) is 3. The van der Waals surface area contributed by atoms with Gasteiger partial charge in [-0.05, 0) is 49.8 Å². The number of sulfone groups is 1. The Morgan fingerprint density at radius 3 is 2.58 bits per heavy atom. The monoisotopic (exact) mass is 473 g/mol. The van der Waals surface area contributed by atoms with Crippen molar-refractivity contribution in [1.82, 2.24) is 5.48 Å². The van der Waals surface area contributed by atoms with Crippen LogP contribution in [0.25, 0.3) is 0 Å². The molecule has 4 rings (SSSR count). The number of amides is 1. The number of aryl methyl sites for hydroxylation is 1. The molecule has 8 nitrogen and oxygen atoms in total. The van der Waals surface area contributed by atoms with Crippen LogP contribution in [0.4, 0.5) is 11.4 Å². The molecule has 1 heterocycles. The molecule has 0 radical (unpaired) electrons. The molecular formula is C24H31N3O5S. The lowest BCUT2D eigenvalue weighted by atomic mass is 10.1. The summed E-state index contributed by atoms with van der Waals surface area (Å²) in [5.41, 5.74) is 4.08. The Hall–Kier alpha value is -2.78. The lowest BCUT2D eigenvalue weighted by Crippen LogP contribution is -2.56. The first-order chi connectivity index (χ1) is 15.9. The van der Waals surface area contributed by atoms with Gasteiger partial charge in [-0.2, -0.15) is 0 Å². The van der Waals surface area contributed by atoms with Crippen molar-refractivity contribution in [2.75, 3.05) is 17.7 Å². The maximum atomic E-state index is 14.1. The van der Waals surface area contributed by atoms with E-state index >= 15 is 0 Å². The molecule has 2 aromatic rings. The first kappa shape index (κ1) is 23.4. The Morgan fingerprint density at radius 1 is 1.15 bits per heavy atom. The smallest absolute Gasteiger partial charge is 0.244 e. The van der Waals surface area contributed by atoms with Crippen molar-refractivity contribution in [2.24, 2.45) is 5.92 Å². The zero-order valence-corrected chi connectivity index (χ0v) is 19.5. The third kappa shape index (κ3) is 4.65. The number of rotatable bonds is 11. The Labute approximate surface area is 194 Å². The molecule has 2 atom stereocenters. The van der Waals surface area contributed by atoms with E-state index in [0.717, 1.165) is 25.7 Å². The highest BCUT2D eigenvalue weighted by Gasteiger charge is 2.60. The maximum Gasteiger partial charge on any atom is 0.244 e. The summed E-state index contributed by atoms with van der Waals surface area (Å²) in [5.74, 6) is -0.264. The summed E-state index contributed by atoms with van der Waals surface area (Å²) in [4.78, 5) is 10.7. The first-order valence-electron chi connectivity index (χ1n) is 11.3. The molecule has 0 spiro atoms. The summed E-state index contributed by atoms with van der Waals surface area (Å²) in [6.45, 7) is 0. The van der Waals surface area contributed by atoms with Gasteiger partial charge in [0.25, 0.3) is 0 Å². The molecule has 2 aliphatic rings. The second-order valence-corrected chi connectivity index (χ2v) is 11.2. The van der Waals surface area contributed by atoms with Gasteiger partial charge in [-0.1, -0.05) is 42.8 Å². The molecule has 0 bridgehead atoms. The number of anilines is 2. The minimum Gasteiger partial charge on any atom is -0.495 e. The lowest BCUT2D eigenvalue weighted by Gasteiger charge is -2.34. The molecule has 9 heteroatoms. The number of ether oxygens (including phenoxy) is 1. The molecule has 178 valence electrons. The minimum absolute atomic E-state index is 0.122. The molecule has 2 aromatic carbocycles. The molecule has 0 saturated heterocycles. The van der Waals surface area contributed by atoms with Gasteiger partial charge in [0, 0.05) is 12.3 Å². The van der Waals surface area contributed by atoms with Crippen molar-refractivity contribution < 1.29 is 23.2 Å². The molecule has 1 amide bonds. The minimum atomic E-state index is -3.89. The number of hydrogen-bond donors (Lipinski definition) is 4. The van der Waals surface area contributed by atoms with Crippen LogP contribution in [0.15, 0.2) is 48.5 Å². The predicted molar refractivity (Wildman–Crippen MR) is 127 cm³/mol. The summed E-state index contributed by atoms with van der Waals surface area (Å²) in [5, 5.41) is 14.6. The fourth-order valence-corrected chi connectivity index (χ4v) is 7.22. The van der Waals surface area contributed by atoms with Gasteiger partial charge in [0.2, 0.25) is 10.9 Å². The summed E-state index contributed by atoms with van der Waals surface area (Å²) in [6.07, 6.45) is 3.86. The van der Waals surface area contributed by atoms with Crippen molar-refractivity contribution in [3.63, 3.8) is 0 Å². The number of fused-ring (bicyclic) bond motifs is 1. The predicted octanol–water partition coefficient (Wildman–Crippen LogP) is 3.69. The van der Waals surface area contributed by atoms with Crippen LogP contribution in [0.3, 0.4) is 0 Å². The van der Waals surface area contributed by atoms with E-state index in [1.165, 1.54) is 5.56 Å². The maximum absolute atomic E-state index is 14.1. The molecule has 4 N–H and O–H groups in total. The van der Waals surface area contributed by atoms with Crippen molar-refractivity contribution >= 4 is 27.1 Å². The number of benzene rings is 2. The van der Waals surface area contributed by atoms with Gasteiger partial charge in [0.05, 0.1) is 18.0 Å². The van der Waals surface area contributed by atoms with Gasteiger partial charge in [-0.15, -0.1) is 0 Å². The SMILES string of the molecule is COc1cccc2c1NC(C1CC1)(S(=O)(=O)C(CCCCc1ccccc1)CC(=O)NO)N2. The van der Waals surface area contributed by atoms with Gasteiger partial charge in [-0.3, -0.25) is 10.0 Å². The van der Waals surface area contributed by atoms with Crippen molar-refractivity contribution in [1.29, 1.82) is 0 Å². The van der Waals surface area contributed by atoms with Crippen molar-refractivity contribution in [3.05, 3.63) is 54.1 Å². The summed E-state index contributed by atoms with van der Waals surface area (Å²) in [7, 11) is -2.35. The standard InChI is InChI=1S/C24H31N3O5S/c1-32-21-13-7-12-20-23(21)26-24(25-20,18-14-15-18)33(30,31)19(16-22(28)27-29)11-6-5-10-17-8-3-2-4-9-17/h2-4,7-9,12-13,18-19,25-26,29H,5-6,10-11,14-16H2,1H3,(H,27,28). The normalized spacial score (nSPS) is 20.3. The van der Waals surface area contributed by atoms with Crippen LogP contribution in [0.1, 0.15) is 44.1 Å². The summed E-state index contributed by atoms with van der Waals surface area (Å²) < 4.78 is 33.6. The molecule has 33 heavy (non-hydrogen) atoms. The highest BCUT2D eigenvalue weighted by molar-refractivity contribution is 7.93. The summed E-state index contributed by atoms with van der Waals surface area (Å²) in [6, 6.07) is 15.4. The fraction of sp³-hybridized carbons (Fsp3) is 0.458. The average molecular weight is 474 g/mol. The Balaban J connectivity index is 1.56. The number of carbonyl (C=O) groups is 1. The van der Waals surface area contributed by atoms with Crippen LogP contribution in [0.5, 0.6) is 5.75 Å². The van der Waals surface area contributed by atoms with E-state index in [-0.39, 0.29) is 12.3 Å². The number of para-hydroxylation sites is 1. The van der Waals surface area contributed by atoms with Gasteiger partial charge in [-0.25, -0.2) is 13.9 Å². The van der Waals surface area contributed by atoms with E-state index < -0.39 is 26.0 Å². The zero-order valence-electron chi connectivity index (χ0n) is 18.7. The number of hydroxylamine groups is 1. The van der Waals surface area contributed by atoms with Crippen LogP contribution in [0.2, 0.25) is 0 Å². The fourth-order valence-electron chi connectivity index (χ4n) is 4.65. The van der Waals surface area contributed by atoms with Crippen LogP contribution < -0.4 is 20.9 Å². The topological polar surface area (TPSA) is 117 Å². The molecule has 1 aliphatic heterocycles. The highest BCUT2D eigenvalue weighted by Crippen LogP contribution is 2.53. The van der Waals surface area contributed by atoms with E-state index in [2.05, 4.69) is 10.6 Å². The largest absolute Gasteiger partial charge is 0.495 e. The molecule has 1 aliphatic carbocycles. The quantitative estimate of drug-likeness (QED) is 0.223. The molecule has 0 aromatic heterocycles. The lowest BCUT2D eigenvalue weighted by molar-refractivity contribution is -0.129. The highest BCUT2D eigenvalue weighted by atomic mass is 32.2. The Bertz CT molecular complexity index is 1090. The molecule has 1 fully saturated rings. The number of unbranched alkanes of at least 4 members (excludes halogenated alkanes) is 1. The van der Waals surface area contributed by atoms with Crippen LogP contribution in [-0.2, 0) is 21.1 Å². The molecule has 1 saturated carbocycles. The number of hydrogen-bond acceptors (Lipinski definition) is 7. The van der Waals surface area contributed by atoms with Gasteiger partial charge < -0.3 is 15.4 Å². The third-order valence-corrected chi connectivity index (χ3v) is 9.25. The molecule has 2 unspecified atom stereocenters. The van der Waals surface area contributed by atoms with Crippen LogP contribution >= 0.6 is 0 Å². The van der Waals surface area contributed by atoms with E-state index in [1.54, 1.807) is 18.7 Å². The number of carbonyl (C=O) groups excluding carboxylic acids is 1.